The first-order chi connectivity index (χ1) is 17.8. The number of fused-ring (bicyclic) bond motifs is 1. The second-order valence-corrected chi connectivity index (χ2v) is 9.14. The van der Waals surface area contributed by atoms with Crippen LogP contribution in [-0.2, 0) is 12.7 Å². The Balaban J connectivity index is 1.39. The first kappa shape index (κ1) is 24.5. The Morgan fingerprint density at radius 2 is 1.78 bits per heavy atom. The Morgan fingerprint density at radius 1 is 1.00 bits per heavy atom. The molecule has 1 amide bonds. The fraction of sp³-hybridized carbons (Fsp3) is 0.200. The fourth-order valence-corrected chi connectivity index (χ4v) is 4.29. The summed E-state index contributed by atoms with van der Waals surface area (Å²) in [6.07, 6.45) is -0.0369. The summed E-state index contributed by atoms with van der Waals surface area (Å²) in [5.41, 5.74) is 2.19. The summed E-state index contributed by atoms with van der Waals surface area (Å²) < 4.78 is 41.2. The van der Waals surface area contributed by atoms with Gasteiger partial charge in [0.2, 0.25) is 0 Å². The van der Waals surface area contributed by atoms with Crippen LogP contribution < -0.4 is 5.32 Å². The van der Waals surface area contributed by atoms with E-state index in [1.807, 2.05) is 36.1 Å². The molecule has 37 heavy (non-hydrogen) atoms. The van der Waals surface area contributed by atoms with Gasteiger partial charge in [-0.05, 0) is 61.8 Å². The Kier molecular flexibility index (Phi) is 6.68. The van der Waals surface area contributed by atoms with Crippen molar-refractivity contribution in [2.24, 2.45) is 0 Å². The van der Waals surface area contributed by atoms with Gasteiger partial charge in [0.05, 0.1) is 11.1 Å². The fourth-order valence-electron chi connectivity index (χ4n) is 4.29. The van der Waals surface area contributed by atoms with Gasteiger partial charge in [0, 0.05) is 46.5 Å². The highest BCUT2D eigenvalue weighted by Crippen LogP contribution is 2.35. The van der Waals surface area contributed by atoms with Crippen LogP contribution in [0.15, 0.2) is 73.1 Å². The summed E-state index contributed by atoms with van der Waals surface area (Å²) in [4.78, 5) is 19.2. The quantitative estimate of drug-likeness (QED) is 0.330. The van der Waals surface area contributed by atoms with Crippen LogP contribution in [0.25, 0.3) is 10.8 Å². The molecule has 7 heteroatoms. The number of hydrogen-bond donors (Lipinski definition) is 1. The first-order valence-corrected chi connectivity index (χ1v) is 12.0. The zero-order chi connectivity index (χ0) is 26.0. The number of pyridine rings is 1. The Hall–Kier alpha value is -4.15. The average Bonchev–Trinajstić information content (AvgIpc) is 2.85. The molecule has 4 nitrogen and oxygen atoms in total. The van der Waals surface area contributed by atoms with Crippen molar-refractivity contribution in [1.29, 1.82) is 0 Å². The highest BCUT2D eigenvalue weighted by molar-refractivity contribution is 6.04. The van der Waals surface area contributed by atoms with Crippen molar-refractivity contribution in [3.05, 3.63) is 106 Å². The predicted octanol–water partition coefficient (Wildman–Crippen LogP) is 6.42. The van der Waals surface area contributed by atoms with Crippen LogP contribution in [0.3, 0.4) is 0 Å². The Bertz CT molecular complexity index is 1540. The third-order valence-electron chi connectivity index (χ3n) is 6.52. The number of alkyl halides is 3. The largest absolute Gasteiger partial charge is 0.416 e. The van der Waals surface area contributed by atoms with Crippen LogP contribution in [0, 0.1) is 18.8 Å². The van der Waals surface area contributed by atoms with E-state index in [2.05, 4.69) is 22.1 Å². The van der Waals surface area contributed by atoms with Crippen LogP contribution in [0.4, 0.5) is 18.9 Å². The number of benzene rings is 3. The van der Waals surface area contributed by atoms with Crippen molar-refractivity contribution in [1.82, 2.24) is 9.88 Å². The molecule has 0 bridgehead atoms. The molecule has 0 radical (unpaired) electrons. The van der Waals surface area contributed by atoms with E-state index in [1.165, 1.54) is 12.1 Å². The molecule has 0 unspecified atom stereocenters. The number of hydrogen-bond acceptors (Lipinski definition) is 3. The monoisotopic (exact) mass is 499 g/mol. The third-order valence-corrected chi connectivity index (χ3v) is 6.52. The lowest BCUT2D eigenvalue weighted by Crippen LogP contribution is -2.36. The molecule has 186 valence electrons. The highest BCUT2D eigenvalue weighted by Gasteiger charge is 2.34. The maximum atomic E-state index is 13.7. The number of likely N-dealkylation sites (tertiary alicyclic amines) is 1. The molecular formula is C30H24F3N3O. The van der Waals surface area contributed by atoms with Gasteiger partial charge in [0.1, 0.15) is 0 Å². The van der Waals surface area contributed by atoms with Crippen molar-refractivity contribution in [3.8, 4) is 11.8 Å². The zero-order valence-electron chi connectivity index (χ0n) is 20.2. The average molecular weight is 500 g/mol. The molecule has 0 atom stereocenters. The van der Waals surface area contributed by atoms with E-state index in [-0.39, 0.29) is 17.8 Å². The number of anilines is 1. The van der Waals surface area contributed by atoms with E-state index in [4.69, 9.17) is 0 Å². The normalized spacial score (nSPS) is 13.5. The van der Waals surface area contributed by atoms with Crippen molar-refractivity contribution in [2.45, 2.75) is 26.1 Å². The molecule has 1 aromatic heterocycles. The minimum Gasteiger partial charge on any atom is -0.322 e. The van der Waals surface area contributed by atoms with Gasteiger partial charge in [-0.25, -0.2) is 0 Å². The van der Waals surface area contributed by atoms with Crippen molar-refractivity contribution >= 4 is 22.4 Å². The number of aryl methyl sites for hydroxylation is 1. The molecule has 5 rings (SSSR count). The van der Waals surface area contributed by atoms with Gasteiger partial charge >= 0.3 is 6.18 Å². The van der Waals surface area contributed by atoms with Gasteiger partial charge < -0.3 is 5.32 Å². The molecule has 1 fully saturated rings. The van der Waals surface area contributed by atoms with Crippen LogP contribution in [0.1, 0.15) is 44.6 Å². The lowest BCUT2D eigenvalue weighted by Gasteiger charge is -2.31. The van der Waals surface area contributed by atoms with Crippen molar-refractivity contribution in [3.63, 3.8) is 0 Å². The van der Waals surface area contributed by atoms with E-state index in [1.54, 1.807) is 30.6 Å². The first-order valence-electron chi connectivity index (χ1n) is 12.0. The number of nitrogens with zero attached hydrogens (tertiary/aromatic N) is 2. The third kappa shape index (κ3) is 5.50. The number of aromatic nitrogens is 1. The molecule has 2 heterocycles. The maximum Gasteiger partial charge on any atom is 0.416 e. The molecule has 0 spiro atoms. The summed E-state index contributed by atoms with van der Waals surface area (Å²) in [6, 6.07) is 16.8. The van der Waals surface area contributed by atoms with Crippen LogP contribution in [-0.4, -0.2) is 28.9 Å². The number of rotatable bonds is 4. The lowest BCUT2D eigenvalue weighted by atomic mass is 10.0. The van der Waals surface area contributed by atoms with Gasteiger partial charge in [-0.2, -0.15) is 13.2 Å². The smallest absolute Gasteiger partial charge is 0.322 e. The van der Waals surface area contributed by atoms with E-state index in [0.717, 1.165) is 47.5 Å². The minimum atomic E-state index is -4.51. The molecule has 3 aromatic carbocycles. The summed E-state index contributed by atoms with van der Waals surface area (Å²) in [6.45, 7) is 3.73. The number of amides is 1. The van der Waals surface area contributed by atoms with Crippen molar-refractivity contribution < 1.29 is 18.0 Å². The topological polar surface area (TPSA) is 45.2 Å². The number of carbonyl (C=O) groups excluding carboxylic acids is 1. The van der Waals surface area contributed by atoms with Gasteiger partial charge in [0.15, 0.2) is 0 Å². The minimum absolute atomic E-state index is 0.0970. The Morgan fingerprint density at radius 3 is 2.54 bits per heavy atom. The van der Waals surface area contributed by atoms with E-state index in [9.17, 15) is 18.0 Å². The predicted molar refractivity (Wildman–Crippen MR) is 138 cm³/mol. The van der Waals surface area contributed by atoms with Crippen LogP contribution in [0.2, 0.25) is 0 Å². The van der Waals surface area contributed by atoms with E-state index in [0.29, 0.717) is 11.1 Å². The van der Waals surface area contributed by atoms with Gasteiger partial charge in [0.25, 0.3) is 5.91 Å². The van der Waals surface area contributed by atoms with E-state index >= 15 is 0 Å². The molecule has 4 aromatic rings. The highest BCUT2D eigenvalue weighted by atomic mass is 19.4. The SMILES string of the molecule is Cc1ccc(C(=O)Nc2ccc(CN3CCC3)c(C(F)(F)F)c2)cc1C#Cc1cncc2ccccc12. The van der Waals surface area contributed by atoms with Gasteiger partial charge in [-0.1, -0.05) is 48.2 Å². The number of halogens is 3. The number of nitrogens with one attached hydrogen (secondary N) is 1. The molecule has 1 saturated heterocycles. The maximum absolute atomic E-state index is 13.7. The Labute approximate surface area is 213 Å². The molecule has 1 aliphatic rings. The molecule has 0 aliphatic carbocycles. The summed E-state index contributed by atoms with van der Waals surface area (Å²) in [7, 11) is 0. The van der Waals surface area contributed by atoms with Crippen LogP contribution in [0.5, 0.6) is 0 Å². The number of carbonyl (C=O) groups is 1. The van der Waals surface area contributed by atoms with Crippen LogP contribution >= 0.6 is 0 Å². The lowest BCUT2D eigenvalue weighted by molar-refractivity contribution is -0.138. The standard InChI is InChI=1S/C30H24F3N3O/c1-20-7-8-22(15-21(20)9-10-24-18-34-17-23-5-2-3-6-27(23)24)29(37)35-26-12-11-25(19-36-13-4-14-36)28(16-26)30(31,32)33/h2-3,5-8,11-12,15-18H,4,13-14,19H2,1H3,(H,35,37). The zero-order valence-corrected chi connectivity index (χ0v) is 20.2. The molecule has 0 saturated carbocycles. The molecule has 1 aliphatic heterocycles. The van der Waals surface area contributed by atoms with Gasteiger partial charge in [-0.3, -0.25) is 14.7 Å². The van der Waals surface area contributed by atoms with E-state index < -0.39 is 17.6 Å². The summed E-state index contributed by atoms with van der Waals surface area (Å²) >= 11 is 0. The molecule has 1 N–H and O–H groups in total. The second-order valence-electron chi connectivity index (χ2n) is 9.14. The summed E-state index contributed by atoms with van der Waals surface area (Å²) in [5, 5.41) is 4.57. The molecular weight excluding hydrogens is 475 g/mol. The second kappa shape index (κ2) is 10.1. The van der Waals surface area contributed by atoms with Crippen molar-refractivity contribution in [2.75, 3.05) is 18.4 Å². The summed E-state index contributed by atoms with van der Waals surface area (Å²) in [5.74, 6) is 5.76. The van der Waals surface area contributed by atoms with Gasteiger partial charge in [-0.15, -0.1) is 0 Å².